The molecule has 10 heteroatoms. The summed E-state index contributed by atoms with van der Waals surface area (Å²) in [6.07, 6.45) is 2.13. The first-order valence-corrected chi connectivity index (χ1v) is 14.0. The van der Waals surface area contributed by atoms with Crippen LogP contribution in [-0.4, -0.2) is 35.3 Å². The molecule has 0 aliphatic rings. The molecule has 0 fully saturated rings. The molecule has 0 aliphatic carbocycles. The van der Waals surface area contributed by atoms with Crippen molar-refractivity contribution >= 4 is 31.5 Å². The minimum atomic E-state index is -3.75. The van der Waals surface area contributed by atoms with Crippen molar-refractivity contribution in [2.45, 2.75) is 24.4 Å². The number of nitrogens with zero attached hydrogens (tertiary/aromatic N) is 1. The van der Waals surface area contributed by atoms with Gasteiger partial charge in [-0.1, -0.05) is 36.4 Å². The van der Waals surface area contributed by atoms with Gasteiger partial charge in [0.25, 0.3) is 5.91 Å². The molecule has 180 valence electrons. The Morgan fingerprint density at radius 3 is 2.03 bits per heavy atom. The minimum Gasteiger partial charge on any atom is -0.346 e. The molecule has 0 aliphatic heterocycles. The highest BCUT2D eigenvalue weighted by Gasteiger charge is 2.21. The summed E-state index contributed by atoms with van der Waals surface area (Å²) < 4.78 is 62.9. The maximum atomic E-state index is 14.2. The normalized spacial score (nSPS) is 12.7. The number of carbonyl (C=O) groups is 1. The number of rotatable bonds is 8. The van der Waals surface area contributed by atoms with Crippen molar-refractivity contribution in [1.82, 2.24) is 5.32 Å². The van der Waals surface area contributed by atoms with Gasteiger partial charge in [0, 0.05) is 11.8 Å². The van der Waals surface area contributed by atoms with E-state index in [-0.39, 0.29) is 29.1 Å². The average molecular weight is 505 g/mol. The zero-order chi connectivity index (χ0) is 25.1. The second-order valence-corrected chi connectivity index (χ2v) is 11.9. The molecule has 0 aromatic heterocycles. The summed E-state index contributed by atoms with van der Waals surface area (Å²) >= 11 is 0. The lowest BCUT2D eigenvalue weighted by molar-refractivity contribution is 0.0940. The largest absolute Gasteiger partial charge is 0.346 e. The van der Waals surface area contributed by atoms with Gasteiger partial charge in [0.15, 0.2) is 9.84 Å². The van der Waals surface area contributed by atoms with Gasteiger partial charge in [-0.2, -0.15) is 0 Å². The van der Waals surface area contributed by atoms with E-state index in [2.05, 4.69) is 5.32 Å². The van der Waals surface area contributed by atoms with E-state index in [1.54, 1.807) is 49.4 Å². The molecule has 0 heterocycles. The van der Waals surface area contributed by atoms with E-state index < -0.39 is 25.7 Å². The van der Waals surface area contributed by atoms with E-state index in [1.165, 1.54) is 30.3 Å². The number of para-hydroxylation sites is 1. The zero-order valence-corrected chi connectivity index (χ0v) is 20.5. The quantitative estimate of drug-likeness (QED) is 0.504. The van der Waals surface area contributed by atoms with E-state index in [1.807, 2.05) is 0 Å². The molecule has 1 amide bonds. The van der Waals surface area contributed by atoms with Crippen LogP contribution in [0, 0.1) is 5.82 Å². The Labute approximate surface area is 199 Å². The van der Waals surface area contributed by atoms with Crippen molar-refractivity contribution in [3.05, 3.63) is 95.3 Å². The maximum Gasteiger partial charge on any atom is 0.251 e. The van der Waals surface area contributed by atoms with Gasteiger partial charge >= 0.3 is 0 Å². The van der Waals surface area contributed by atoms with E-state index >= 15 is 0 Å². The fraction of sp³-hybridized carbons (Fsp3) is 0.208. The van der Waals surface area contributed by atoms with Crippen LogP contribution in [0.5, 0.6) is 0 Å². The lowest BCUT2D eigenvalue weighted by atomic mass is 10.1. The van der Waals surface area contributed by atoms with Gasteiger partial charge in [-0.15, -0.1) is 0 Å². The number of carbonyl (C=O) groups excluding carboxylic acids is 1. The lowest BCUT2D eigenvalue weighted by Gasteiger charge is -2.23. The molecule has 1 unspecified atom stereocenters. The molecule has 7 nitrogen and oxygen atoms in total. The van der Waals surface area contributed by atoms with Crippen LogP contribution in [0.4, 0.5) is 10.1 Å². The molecule has 34 heavy (non-hydrogen) atoms. The summed E-state index contributed by atoms with van der Waals surface area (Å²) in [5.41, 5.74) is 1.63. The first kappa shape index (κ1) is 25.4. The standard InChI is InChI=1S/C24H25FN2O5S2/c1-17(19-12-14-21(15-13-19)33(2,29)30)26-24(28)20-10-8-18(9-11-20)16-27(34(3,31)32)23-7-5-4-6-22(23)25/h4-15,17H,16H2,1-3H3,(H,26,28). The van der Waals surface area contributed by atoms with Crippen molar-refractivity contribution in [3.63, 3.8) is 0 Å². The molecular weight excluding hydrogens is 479 g/mol. The van der Waals surface area contributed by atoms with E-state index in [9.17, 15) is 26.0 Å². The van der Waals surface area contributed by atoms with Gasteiger partial charge < -0.3 is 5.32 Å². The smallest absolute Gasteiger partial charge is 0.251 e. The Hall–Kier alpha value is -3.24. The third kappa shape index (κ3) is 6.21. The summed E-state index contributed by atoms with van der Waals surface area (Å²) in [7, 11) is -7.05. The van der Waals surface area contributed by atoms with Crippen LogP contribution >= 0.6 is 0 Å². The number of hydrogen-bond donors (Lipinski definition) is 1. The molecule has 3 rings (SSSR count). The summed E-state index contributed by atoms with van der Waals surface area (Å²) in [6.45, 7) is 1.69. The molecule has 0 spiro atoms. The number of amides is 1. The number of benzene rings is 3. The SMILES string of the molecule is CC(NC(=O)c1ccc(CN(c2ccccc2F)S(C)(=O)=O)cc1)c1ccc(S(C)(=O)=O)cc1. The number of halogens is 1. The minimum absolute atomic E-state index is 0.0532. The van der Waals surface area contributed by atoms with Crippen molar-refractivity contribution in [2.75, 3.05) is 16.8 Å². The molecule has 0 bridgehead atoms. The van der Waals surface area contributed by atoms with E-state index in [4.69, 9.17) is 0 Å². The van der Waals surface area contributed by atoms with Gasteiger partial charge in [0.1, 0.15) is 5.82 Å². The van der Waals surface area contributed by atoms with Crippen LogP contribution in [0.3, 0.4) is 0 Å². The van der Waals surface area contributed by atoms with Crippen LogP contribution in [0.1, 0.15) is 34.5 Å². The van der Waals surface area contributed by atoms with Crippen LogP contribution in [-0.2, 0) is 26.4 Å². The van der Waals surface area contributed by atoms with E-state index in [0.717, 1.165) is 22.4 Å². The maximum absolute atomic E-state index is 14.2. The highest BCUT2D eigenvalue weighted by molar-refractivity contribution is 7.92. The topological polar surface area (TPSA) is 101 Å². The molecule has 3 aromatic rings. The van der Waals surface area contributed by atoms with Crippen molar-refractivity contribution < 1.29 is 26.0 Å². The number of nitrogens with one attached hydrogen (secondary N) is 1. The Morgan fingerprint density at radius 2 is 1.50 bits per heavy atom. The number of sulfonamides is 1. The van der Waals surface area contributed by atoms with Crippen molar-refractivity contribution in [2.24, 2.45) is 0 Å². The summed E-state index contributed by atoms with van der Waals surface area (Å²) in [4.78, 5) is 12.8. The lowest BCUT2D eigenvalue weighted by Crippen LogP contribution is -2.30. The summed E-state index contributed by atoms with van der Waals surface area (Å²) in [6, 6.07) is 17.9. The Bertz CT molecular complexity index is 1390. The van der Waals surface area contributed by atoms with Gasteiger partial charge in [0.05, 0.1) is 29.4 Å². The first-order valence-electron chi connectivity index (χ1n) is 10.3. The Balaban J connectivity index is 1.72. The number of sulfone groups is 1. The highest BCUT2D eigenvalue weighted by Crippen LogP contribution is 2.24. The average Bonchev–Trinajstić information content (AvgIpc) is 2.77. The second kappa shape index (κ2) is 9.94. The van der Waals surface area contributed by atoms with Crippen molar-refractivity contribution in [1.29, 1.82) is 0 Å². The third-order valence-corrected chi connectivity index (χ3v) is 7.47. The molecule has 0 radical (unpaired) electrons. The third-order valence-electron chi connectivity index (χ3n) is 5.22. The van der Waals surface area contributed by atoms with Crippen LogP contribution in [0.2, 0.25) is 0 Å². The molecule has 0 saturated carbocycles. The summed E-state index contributed by atoms with van der Waals surface area (Å²) in [5, 5.41) is 2.84. The van der Waals surface area contributed by atoms with Crippen LogP contribution in [0.25, 0.3) is 0 Å². The number of anilines is 1. The molecule has 3 aromatic carbocycles. The molecular formula is C24H25FN2O5S2. The van der Waals surface area contributed by atoms with Crippen LogP contribution in [0.15, 0.2) is 77.7 Å². The van der Waals surface area contributed by atoms with Gasteiger partial charge in [-0.05, 0) is 54.4 Å². The monoisotopic (exact) mass is 504 g/mol. The number of hydrogen-bond acceptors (Lipinski definition) is 5. The fourth-order valence-corrected chi connectivity index (χ4v) is 4.85. The van der Waals surface area contributed by atoms with Crippen LogP contribution < -0.4 is 9.62 Å². The fourth-order valence-electron chi connectivity index (χ4n) is 3.33. The van der Waals surface area contributed by atoms with Gasteiger partial charge in [-0.25, -0.2) is 21.2 Å². The molecule has 1 atom stereocenters. The highest BCUT2D eigenvalue weighted by atomic mass is 32.2. The second-order valence-electron chi connectivity index (χ2n) is 7.95. The Kier molecular flexibility index (Phi) is 7.42. The van der Waals surface area contributed by atoms with E-state index in [0.29, 0.717) is 11.1 Å². The van der Waals surface area contributed by atoms with Gasteiger partial charge in [-0.3, -0.25) is 9.10 Å². The predicted octanol–water partition coefficient (Wildman–Crippen LogP) is 3.69. The predicted molar refractivity (Wildman–Crippen MR) is 129 cm³/mol. The first-order chi connectivity index (χ1) is 15.9. The molecule has 0 saturated heterocycles. The molecule has 1 N–H and O–H groups in total. The van der Waals surface area contributed by atoms with Crippen molar-refractivity contribution in [3.8, 4) is 0 Å². The summed E-state index contributed by atoms with van der Waals surface area (Å²) in [5.74, 6) is -0.997. The Morgan fingerprint density at radius 1 is 0.912 bits per heavy atom. The van der Waals surface area contributed by atoms with Gasteiger partial charge in [0.2, 0.25) is 10.0 Å². The zero-order valence-electron chi connectivity index (χ0n) is 18.9.